The van der Waals surface area contributed by atoms with Crippen LogP contribution in [0.5, 0.6) is 0 Å². The third-order valence-electron chi connectivity index (χ3n) is 19.4. The van der Waals surface area contributed by atoms with Gasteiger partial charge in [0.05, 0.1) is 11.1 Å². The van der Waals surface area contributed by atoms with Crippen molar-refractivity contribution in [2.45, 2.75) is 126 Å². The molecule has 4 aliphatic rings. The monoisotopic (exact) mass is 1100 g/mol. The molecule has 0 bridgehead atoms. The standard InChI is InChI=1S/C77H94N6/c1-11-80(12-2)62-37-29-58(30-38-62)76(59-31-39-63(40-32-59)81(13-3)14-4)70-45-49-74(68-25-21-19-23-66(68)70)78-72-47-27-56(51-54(72)9)53-57-28-48-73(55(10)52-57)79-75-50-46-71(67-24-20-22-26-69(67)75)77(60-33-41-64(42-34-60)82(15-5)16-6)61-35-43-65(44-36-61)83(17-7)18-8/h19-26,29-46,49-50,54-57,72-73H,11-18,27-28,47-48,51-53H2,1-10H3/p+2. The van der Waals surface area contributed by atoms with Crippen LogP contribution in [0.2, 0.25) is 0 Å². The second-order valence-electron chi connectivity index (χ2n) is 24.1. The lowest BCUT2D eigenvalue weighted by Crippen LogP contribution is -2.82. The molecule has 6 unspecified atom stereocenters. The molecule has 0 heterocycles. The van der Waals surface area contributed by atoms with Crippen LogP contribution in [-0.4, -0.2) is 75.9 Å². The Balaban J connectivity index is 0.839. The van der Waals surface area contributed by atoms with Crippen molar-refractivity contribution in [3.8, 4) is 0 Å². The fourth-order valence-corrected chi connectivity index (χ4v) is 14.7. The lowest BCUT2D eigenvalue weighted by Gasteiger charge is -2.35. The van der Waals surface area contributed by atoms with Gasteiger partial charge >= 0.3 is 0 Å². The molecule has 6 aromatic rings. The van der Waals surface area contributed by atoms with Gasteiger partial charge in [0, 0.05) is 112 Å². The largest absolute Gasteiger partial charge is 0.372 e. The smallest absolute Gasteiger partial charge is 0.206 e. The maximum atomic E-state index is 4.17. The van der Waals surface area contributed by atoms with Gasteiger partial charge < -0.3 is 19.6 Å². The molecule has 0 aromatic heterocycles. The zero-order valence-electron chi connectivity index (χ0n) is 52.0. The van der Waals surface area contributed by atoms with E-state index in [0.29, 0.717) is 23.9 Å². The van der Waals surface area contributed by atoms with Gasteiger partial charge in [0.15, 0.2) is 12.1 Å². The molecule has 0 spiro atoms. The zero-order valence-corrected chi connectivity index (χ0v) is 52.0. The summed E-state index contributed by atoms with van der Waals surface area (Å²) in [5.41, 5.74) is 22.9. The summed E-state index contributed by atoms with van der Waals surface area (Å²) in [6, 6.07) is 56.3. The van der Waals surface area contributed by atoms with Crippen LogP contribution in [0.25, 0.3) is 22.3 Å². The molecular weight excluding hydrogens is 1010 g/mol. The Morgan fingerprint density at radius 3 is 0.892 bits per heavy atom. The summed E-state index contributed by atoms with van der Waals surface area (Å²) in [4.78, 5) is 18.0. The maximum Gasteiger partial charge on any atom is 0.206 e. The van der Waals surface area contributed by atoms with E-state index >= 15 is 0 Å². The van der Waals surface area contributed by atoms with E-state index in [0.717, 1.165) is 64.2 Å². The van der Waals surface area contributed by atoms with Gasteiger partial charge in [-0.3, -0.25) is 0 Å². The molecule has 4 aliphatic carbocycles. The molecule has 0 amide bonds. The highest BCUT2D eigenvalue weighted by atomic mass is 15.1. The number of nitrogens with zero attached hydrogens (tertiary/aromatic N) is 4. The Kier molecular flexibility index (Phi) is 19.5. The van der Waals surface area contributed by atoms with Crippen molar-refractivity contribution < 1.29 is 9.98 Å². The van der Waals surface area contributed by atoms with Crippen LogP contribution >= 0.6 is 0 Å². The van der Waals surface area contributed by atoms with E-state index in [-0.39, 0.29) is 0 Å². The number of anilines is 4. The molecule has 2 N–H and O–H groups in total. The minimum Gasteiger partial charge on any atom is -0.372 e. The number of fused-ring (bicyclic) bond motifs is 2. The van der Waals surface area contributed by atoms with Crippen molar-refractivity contribution in [1.82, 2.24) is 0 Å². The number of hydrogen-bond donors (Lipinski definition) is 2. The molecule has 0 aliphatic heterocycles. The highest BCUT2D eigenvalue weighted by Crippen LogP contribution is 2.42. The fourth-order valence-electron chi connectivity index (χ4n) is 14.7. The quantitative estimate of drug-likeness (QED) is 0.0799. The van der Waals surface area contributed by atoms with E-state index in [9.17, 15) is 0 Å². The lowest BCUT2D eigenvalue weighted by molar-refractivity contribution is -0.517. The van der Waals surface area contributed by atoms with Gasteiger partial charge in [0.1, 0.15) is 0 Å². The van der Waals surface area contributed by atoms with Crippen molar-refractivity contribution in [3.63, 3.8) is 0 Å². The van der Waals surface area contributed by atoms with Crippen molar-refractivity contribution in [3.05, 3.63) is 214 Å². The van der Waals surface area contributed by atoms with Crippen molar-refractivity contribution >= 4 is 56.5 Å². The van der Waals surface area contributed by atoms with Crippen LogP contribution in [0.1, 0.15) is 159 Å². The van der Waals surface area contributed by atoms with Crippen LogP contribution < -0.4 is 29.6 Å². The highest BCUT2D eigenvalue weighted by Gasteiger charge is 2.37. The number of benzene rings is 6. The molecule has 6 nitrogen and oxygen atoms in total. The number of hydrogen-bond acceptors (Lipinski definition) is 4. The molecule has 83 heavy (non-hydrogen) atoms. The molecule has 432 valence electrons. The van der Waals surface area contributed by atoms with Gasteiger partial charge in [0.25, 0.3) is 0 Å². The van der Waals surface area contributed by atoms with E-state index in [4.69, 9.17) is 0 Å². The summed E-state index contributed by atoms with van der Waals surface area (Å²) in [6.07, 6.45) is 18.5. The Hall–Kier alpha value is -7.18. The number of rotatable bonds is 20. The van der Waals surface area contributed by atoms with E-state index in [1.54, 1.807) is 0 Å². The lowest BCUT2D eigenvalue weighted by atomic mass is 9.70. The summed E-state index contributed by atoms with van der Waals surface area (Å²) in [5, 5.41) is 0. The first-order chi connectivity index (χ1) is 40.6. The molecule has 6 aromatic carbocycles. The highest BCUT2D eigenvalue weighted by molar-refractivity contribution is 6.18. The summed E-state index contributed by atoms with van der Waals surface area (Å²) in [7, 11) is 0. The predicted octanol–water partition coefficient (Wildman–Crippen LogP) is 14.6. The first-order valence-corrected chi connectivity index (χ1v) is 32.3. The molecule has 10 rings (SSSR count). The predicted molar refractivity (Wildman–Crippen MR) is 358 cm³/mol. The summed E-state index contributed by atoms with van der Waals surface area (Å²) in [6.45, 7) is 30.9. The Bertz CT molecular complexity index is 2960. The van der Waals surface area contributed by atoms with E-state index in [2.05, 4.69) is 269 Å². The van der Waals surface area contributed by atoms with E-state index in [1.165, 1.54) is 146 Å². The van der Waals surface area contributed by atoms with Crippen LogP contribution in [0, 0.1) is 23.7 Å². The first kappa shape index (κ1) is 59.0. The Labute approximate surface area is 500 Å². The van der Waals surface area contributed by atoms with E-state index in [1.807, 2.05) is 0 Å². The van der Waals surface area contributed by atoms with Crippen molar-refractivity contribution in [2.24, 2.45) is 23.7 Å². The summed E-state index contributed by atoms with van der Waals surface area (Å²) in [5.74, 6) is 2.77. The van der Waals surface area contributed by atoms with Gasteiger partial charge in [-0.1, -0.05) is 98.8 Å². The SMILES string of the molecule is CCN(CC)c1ccc(C(=C2C=CC(=[NH+]C3CCC(CC4CCC([NH+]=C5C=CC(=C(c6ccc(N(CC)CC)cc6)c6ccc(N(CC)CC)cc6)c6ccccc65)C(C)C4)CC3C)c3ccccc32)c2ccc(N(CC)CC)cc2)cc1. The zero-order chi connectivity index (χ0) is 58.0. The van der Waals surface area contributed by atoms with Crippen molar-refractivity contribution in [2.75, 3.05) is 72.0 Å². The second kappa shape index (κ2) is 27.5. The van der Waals surface area contributed by atoms with Gasteiger partial charge in [-0.15, -0.1) is 0 Å². The Morgan fingerprint density at radius 2 is 0.627 bits per heavy atom. The molecule has 6 heteroatoms. The van der Waals surface area contributed by atoms with Crippen molar-refractivity contribution in [1.29, 1.82) is 0 Å². The summed E-state index contributed by atoms with van der Waals surface area (Å²) >= 11 is 0. The average molecular weight is 1110 g/mol. The second-order valence-corrected chi connectivity index (χ2v) is 24.1. The molecular formula is C77H96N6+2. The van der Waals surface area contributed by atoms with Gasteiger partial charge in [0.2, 0.25) is 11.4 Å². The molecule has 2 saturated carbocycles. The number of allylic oxidation sites excluding steroid dienone is 6. The van der Waals surface area contributed by atoms with Crippen LogP contribution in [0.15, 0.2) is 170 Å². The Morgan fingerprint density at radius 1 is 0.349 bits per heavy atom. The van der Waals surface area contributed by atoms with Crippen LogP contribution in [0.3, 0.4) is 0 Å². The van der Waals surface area contributed by atoms with Crippen LogP contribution in [0.4, 0.5) is 22.7 Å². The average Bonchev–Trinajstić information content (AvgIpc) is 3.60. The third kappa shape index (κ3) is 13.0. The molecule has 2 fully saturated rings. The van der Waals surface area contributed by atoms with Crippen LogP contribution in [-0.2, 0) is 0 Å². The normalized spacial score (nSPS) is 21.2. The van der Waals surface area contributed by atoms with Gasteiger partial charge in [-0.25, -0.2) is 9.98 Å². The summed E-state index contributed by atoms with van der Waals surface area (Å²) < 4.78 is 0. The molecule has 6 atom stereocenters. The fraction of sp³-hybridized carbons (Fsp3) is 0.403. The minimum atomic E-state index is 0.453. The van der Waals surface area contributed by atoms with Gasteiger partial charge in [-0.05, 0) is 228 Å². The molecule has 0 radical (unpaired) electrons. The topological polar surface area (TPSA) is 40.9 Å². The first-order valence-electron chi connectivity index (χ1n) is 32.3. The minimum absolute atomic E-state index is 0.453. The molecule has 0 saturated heterocycles. The third-order valence-corrected chi connectivity index (χ3v) is 19.4. The van der Waals surface area contributed by atoms with Gasteiger partial charge in [-0.2, -0.15) is 0 Å². The number of nitrogens with one attached hydrogen (secondary N) is 2. The maximum absolute atomic E-state index is 4.17. The van der Waals surface area contributed by atoms with E-state index < -0.39 is 0 Å².